The van der Waals surface area contributed by atoms with Crippen LogP contribution in [0, 0.1) is 0 Å². The standard InChI is InChI=1S/C30H27N3OS/c1-30(2,3)21-16-14-19(15-17-21)23-18-24(20-10-6-4-7-11-20)33-29-25(23)26(31)27(35-29)28(34)32-22-12-8-5-9-13-22/h4-18H,31H2,1-3H3,(H,32,34). The number of thiophene rings is 1. The fourth-order valence-electron chi connectivity index (χ4n) is 4.13. The summed E-state index contributed by atoms with van der Waals surface area (Å²) >= 11 is 1.33. The highest BCUT2D eigenvalue weighted by molar-refractivity contribution is 7.21. The van der Waals surface area contributed by atoms with Crippen molar-refractivity contribution in [3.05, 3.63) is 101 Å². The molecule has 0 spiro atoms. The number of aromatic nitrogens is 1. The summed E-state index contributed by atoms with van der Waals surface area (Å²) in [6, 6.07) is 30.1. The second kappa shape index (κ2) is 9.01. The number of fused-ring (bicyclic) bond motifs is 1. The monoisotopic (exact) mass is 477 g/mol. The van der Waals surface area contributed by atoms with Crippen LogP contribution in [0.4, 0.5) is 11.4 Å². The smallest absolute Gasteiger partial charge is 0.267 e. The molecule has 5 aromatic rings. The molecule has 5 rings (SSSR count). The number of carbonyl (C=O) groups is 1. The molecule has 3 N–H and O–H groups in total. The van der Waals surface area contributed by atoms with Crippen LogP contribution in [0.25, 0.3) is 32.6 Å². The van der Waals surface area contributed by atoms with E-state index in [0.717, 1.165) is 38.3 Å². The van der Waals surface area contributed by atoms with E-state index in [-0.39, 0.29) is 11.3 Å². The van der Waals surface area contributed by atoms with Crippen LogP contribution in [-0.4, -0.2) is 10.9 Å². The van der Waals surface area contributed by atoms with E-state index >= 15 is 0 Å². The van der Waals surface area contributed by atoms with E-state index in [1.54, 1.807) is 0 Å². The van der Waals surface area contributed by atoms with Crippen LogP contribution >= 0.6 is 11.3 Å². The first-order valence-corrected chi connectivity index (χ1v) is 12.4. The third kappa shape index (κ3) is 4.55. The number of nitrogen functional groups attached to an aromatic ring is 1. The Morgan fingerprint density at radius 3 is 2.11 bits per heavy atom. The van der Waals surface area contributed by atoms with Gasteiger partial charge in [-0.05, 0) is 40.3 Å². The molecule has 2 aromatic heterocycles. The van der Waals surface area contributed by atoms with E-state index in [2.05, 4.69) is 56.4 Å². The van der Waals surface area contributed by atoms with Crippen molar-refractivity contribution >= 4 is 38.8 Å². The molecule has 1 amide bonds. The Hall–Kier alpha value is -3.96. The lowest BCUT2D eigenvalue weighted by atomic mass is 9.86. The van der Waals surface area contributed by atoms with Crippen LogP contribution in [0.15, 0.2) is 91.0 Å². The Labute approximate surface area is 209 Å². The molecule has 4 nitrogen and oxygen atoms in total. The minimum Gasteiger partial charge on any atom is -0.397 e. The zero-order valence-electron chi connectivity index (χ0n) is 20.0. The molecular weight excluding hydrogens is 450 g/mol. The number of hydrogen-bond donors (Lipinski definition) is 2. The van der Waals surface area contributed by atoms with Crippen LogP contribution < -0.4 is 11.1 Å². The molecule has 0 aliphatic rings. The normalized spacial score (nSPS) is 11.5. The number of nitrogens with one attached hydrogen (secondary N) is 1. The van der Waals surface area contributed by atoms with Gasteiger partial charge in [-0.1, -0.05) is 93.6 Å². The van der Waals surface area contributed by atoms with Crippen molar-refractivity contribution in [2.24, 2.45) is 0 Å². The minimum atomic E-state index is -0.230. The van der Waals surface area contributed by atoms with Crippen molar-refractivity contribution in [1.29, 1.82) is 0 Å². The Morgan fingerprint density at radius 1 is 0.857 bits per heavy atom. The molecule has 174 valence electrons. The summed E-state index contributed by atoms with van der Waals surface area (Å²) < 4.78 is 0. The fourth-order valence-corrected chi connectivity index (χ4v) is 5.15. The fraction of sp³-hybridized carbons (Fsp3) is 0.133. The molecule has 0 radical (unpaired) electrons. The number of para-hydroxylation sites is 1. The predicted molar refractivity (Wildman–Crippen MR) is 148 cm³/mol. The third-order valence-corrected chi connectivity index (χ3v) is 7.17. The van der Waals surface area contributed by atoms with Crippen molar-refractivity contribution in [1.82, 2.24) is 4.98 Å². The van der Waals surface area contributed by atoms with Crippen LogP contribution in [0.1, 0.15) is 36.0 Å². The summed E-state index contributed by atoms with van der Waals surface area (Å²) in [7, 11) is 0. The largest absolute Gasteiger partial charge is 0.397 e. The number of anilines is 2. The number of rotatable bonds is 4. The summed E-state index contributed by atoms with van der Waals surface area (Å²) in [6.45, 7) is 6.61. The van der Waals surface area contributed by atoms with E-state index in [0.29, 0.717) is 10.6 Å². The lowest BCUT2D eigenvalue weighted by Gasteiger charge is -2.19. The van der Waals surface area contributed by atoms with Gasteiger partial charge in [0.15, 0.2) is 0 Å². The Balaban J connectivity index is 1.67. The summed E-state index contributed by atoms with van der Waals surface area (Å²) in [5.41, 5.74) is 13.0. The van der Waals surface area contributed by atoms with E-state index in [1.807, 2.05) is 60.7 Å². The molecule has 0 saturated heterocycles. The van der Waals surface area contributed by atoms with Crippen LogP contribution in [0.5, 0.6) is 0 Å². The van der Waals surface area contributed by atoms with Gasteiger partial charge in [-0.15, -0.1) is 11.3 Å². The van der Waals surface area contributed by atoms with E-state index in [9.17, 15) is 4.79 Å². The highest BCUT2D eigenvalue weighted by atomic mass is 32.1. The van der Waals surface area contributed by atoms with Crippen molar-refractivity contribution in [2.75, 3.05) is 11.1 Å². The van der Waals surface area contributed by atoms with Gasteiger partial charge < -0.3 is 11.1 Å². The molecule has 0 unspecified atom stereocenters. The maximum Gasteiger partial charge on any atom is 0.267 e. The highest BCUT2D eigenvalue weighted by Crippen LogP contribution is 2.42. The lowest BCUT2D eigenvalue weighted by Crippen LogP contribution is -2.11. The van der Waals surface area contributed by atoms with Gasteiger partial charge in [-0.2, -0.15) is 0 Å². The molecule has 5 heteroatoms. The molecule has 35 heavy (non-hydrogen) atoms. The molecule has 2 heterocycles. The topological polar surface area (TPSA) is 68.0 Å². The first kappa shape index (κ1) is 22.8. The molecule has 0 aliphatic carbocycles. The number of hydrogen-bond acceptors (Lipinski definition) is 4. The van der Waals surface area contributed by atoms with Gasteiger partial charge in [0.1, 0.15) is 9.71 Å². The highest BCUT2D eigenvalue weighted by Gasteiger charge is 2.22. The molecule has 0 fully saturated rings. The second-order valence-corrected chi connectivity index (χ2v) is 10.6. The van der Waals surface area contributed by atoms with Crippen LogP contribution in [0.3, 0.4) is 0 Å². The zero-order chi connectivity index (χ0) is 24.6. The van der Waals surface area contributed by atoms with Gasteiger partial charge in [0.25, 0.3) is 5.91 Å². The minimum absolute atomic E-state index is 0.0609. The predicted octanol–water partition coefficient (Wildman–Crippen LogP) is 7.76. The Bertz CT molecular complexity index is 1500. The van der Waals surface area contributed by atoms with Crippen molar-refractivity contribution in [3.8, 4) is 22.4 Å². The van der Waals surface area contributed by atoms with Gasteiger partial charge >= 0.3 is 0 Å². The number of pyridine rings is 1. The molecular formula is C30H27N3OS. The van der Waals surface area contributed by atoms with Crippen molar-refractivity contribution in [2.45, 2.75) is 26.2 Å². The number of amides is 1. The number of carbonyl (C=O) groups excluding carboxylic acids is 1. The SMILES string of the molecule is CC(C)(C)c1ccc(-c2cc(-c3ccccc3)nc3sc(C(=O)Nc4ccccc4)c(N)c23)cc1. The Kier molecular flexibility index (Phi) is 5.87. The summed E-state index contributed by atoms with van der Waals surface area (Å²) in [5.74, 6) is -0.230. The maximum absolute atomic E-state index is 13.2. The van der Waals surface area contributed by atoms with Gasteiger partial charge in [-0.25, -0.2) is 4.98 Å². The number of nitrogens with two attached hydrogens (primary N) is 1. The van der Waals surface area contributed by atoms with Crippen molar-refractivity contribution < 1.29 is 4.79 Å². The first-order valence-electron chi connectivity index (χ1n) is 11.6. The third-order valence-electron chi connectivity index (χ3n) is 6.07. The van der Waals surface area contributed by atoms with Crippen LogP contribution in [0.2, 0.25) is 0 Å². The second-order valence-electron chi connectivity index (χ2n) is 9.59. The molecule has 0 atom stereocenters. The number of benzene rings is 3. The van der Waals surface area contributed by atoms with Crippen LogP contribution in [-0.2, 0) is 5.41 Å². The number of nitrogens with zero attached hydrogens (tertiary/aromatic N) is 1. The summed E-state index contributed by atoms with van der Waals surface area (Å²) in [4.78, 5) is 19.3. The Morgan fingerprint density at radius 2 is 1.49 bits per heavy atom. The quantitative estimate of drug-likeness (QED) is 0.278. The molecule has 3 aromatic carbocycles. The first-order chi connectivity index (χ1) is 16.8. The van der Waals surface area contributed by atoms with Gasteiger partial charge in [-0.3, -0.25) is 4.79 Å². The van der Waals surface area contributed by atoms with Gasteiger partial charge in [0.05, 0.1) is 11.4 Å². The van der Waals surface area contributed by atoms with E-state index in [4.69, 9.17) is 10.7 Å². The zero-order valence-corrected chi connectivity index (χ0v) is 20.8. The average molecular weight is 478 g/mol. The average Bonchev–Trinajstić information content (AvgIpc) is 3.21. The molecule has 0 saturated carbocycles. The van der Waals surface area contributed by atoms with Crippen molar-refractivity contribution in [3.63, 3.8) is 0 Å². The molecule has 0 bridgehead atoms. The van der Waals surface area contributed by atoms with Gasteiger partial charge in [0.2, 0.25) is 0 Å². The van der Waals surface area contributed by atoms with E-state index < -0.39 is 0 Å². The molecule has 0 aliphatic heterocycles. The van der Waals surface area contributed by atoms with Gasteiger partial charge in [0, 0.05) is 16.6 Å². The summed E-state index contributed by atoms with van der Waals surface area (Å²) in [6.07, 6.45) is 0. The lowest BCUT2D eigenvalue weighted by molar-refractivity contribution is 0.103. The maximum atomic E-state index is 13.2. The van der Waals surface area contributed by atoms with E-state index in [1.165, 1.54) is 16.9 Å². The summed E-state index contributed by atoms with van der Waals surface area (Å²) in [5, 5.41) is 3.77.